The van der Waals surface area contributed by atoms with Crippen LogP contribution in [0.5, 0.6) is 5.75 Å². The van der Waals surface area contributed by atoms with E-state index in [9.17, 15) is 18.4 Å². The minimum absolute atomic E-state index is 0.0340. The number of pyridine rings is 1. The minimum Gasteiger partial charge on any atom is -0.423 e. The molecule has 0 aliphatic carbocycles. The van der Waals surface area contributed by atoms with Crippen LogP contribution in [0.2, 0.25) is 0 Å². The third-order valence-electron chi connectivity index (χ3n) is 6.20. The number of esters is 1. The lowest BCUT2D eigenvalue weighted by atomic mass is 9.96. The van der Waals surface area contributed by atoms with E-state index in [2.05, 4.69) is 11.9 Å². The smallest absolute Gasteiger partial charge is 0.345 e. The van der Waals surface area contributed by atoms with E-state index in [1.54, 1.807) is 6.07 Å². The largest absolute Gasteiger partial charge is 0.423 e. The Hall–Kier alpha value is -2.67. The van der Waals surface area contributed by atoms with Crippen LogP contribution in [-0.4, -0.2) is 36.4 Å². The number of hydrogen-bond donors (Lipinski definition) is 0. The molecule has 198 valence electrons. The summed E-state index contributed by atoms with van der Waals surface area (Å²) >= 11 is 0. The first-order valence-electron chi connectivity index (χ1n) is 13.1. The van der Waals surface area contributed by atoms with Crippen molar-refractivity contribution in [1.82, 2.24) is 4.98 Å². The maximum atomic E-state index is 13.5. The number of unbranched alkanes of at least 4 members (excludes halogenated alkanes) is 5. The van der Waals surface area contributed by atoms with Crippen molar-refractivity contribution in [2.45, 2.75) is 84.5 Å². The molecular formula is C29H39F2NO4. The van der Waals surface area contributed by atoms with Gasteiger partial charge in [0.25, 0.3) is 0 Å². The molecule has 0 spiro atoms. The fourth-order valence-electron chi connectivity index (χ4n) is 3.82. The molecule has 0 saturated carbocycles. The van der Waals surface area contributed by atoms with Crippen LogP contribution < -0.4 is 4.74 Å². The van der Waals surface area contributed by atoms with E-state index in [1.165, 1.54) is 55.8 Å². The lowest BCUT2D eigenvalue weighted by Crippen LogP contribution is -2.17. The van der Waals surface area contributed by atoms with Crippen LogP contribution in [0.15, 0.2) is 42.6 Å². The van der Waals surface area contributed by atoms with Crippen LogP contribution in [-0.2, 0) is 4.74 Å². The summed E-state index contributed by atoms with van der Waals surface area (Å²) in [6.45, 7) is 6.48. The molecule has 0 aliphatic rings. The summed E-state index contributed by atoms with van der Waals surface area (Å²) in [5.74, 6) is -1.59. The number of Topliss-reactive ketones (excluding diaryl/α,β-unsaturated/α-hetero) is 1. The van der Waals surface area contributed by atoms with Gasteiger partial charge in [-0.15, -0.1) is 0 Å². The number of carbonyl (C=O) groups excluding carboxylic acids is 2. The lowest BCUT2D eigenvalue weighted by molar-refractivity contribution is 0.0425. The molecule has 0 saturated heterocycles. The van der Waals surface area contributed by atoms with Gasteiger partial charge in [-0.05, 0) is 42.7 Å². The van der Waals surface area contributed by atoms with Gasteiger partial charge in [0.05, 0.1) is 18.1 Å². The van der Waals surface area contributed by atoms with Gasteiger partial charge < -0.3 is 9.47 Å². The number of hydrogen-bond acceptors (Lipinski definition) is 5. The van der Waals surface area contributed by atoms with E-state index < -0.39 is 18.3 Å². The zero-order valence-electron chi connectivity index (χ0n) is 21.7. The van der Waals surface area contributed by atoms with Crippen LogP contribution in [0.25, 0.3) is 0 Å². The van der Waals surface area contributed by atoms with Crippen molar-refractivity contribution in [2.24, 2.45) is 5.92 Å². The fraction of sp³-hybridized carbons (Fsp3) is 0.552. The van der Waals surface area contributed by atoms with Crippen LogP contribution in [0, 0.1) is 5.92 Å². The number of nitrogens with zero attached hydrogens (tertiary/aromatic N) is 1. The van der Waals surface area contributed by atoms with Crippen LogP contribution >= 0.6 is 0 Å². The maximum absolute atomic E-state index is 13.5. The van der Waals surface area contributed by atoms with Gasteiger partial charge in [-0.25, -0.2) is 13.6 Å². The number of ketones is 1. The summed E-state index contributed by atoms with van der Waals surface area (Å²) in [6, 6.07) is 9.08. The first kappa shape index (κ1) is 29.6. The summed E-state index contributed by atoms with van der Waals surface area (Å²) in [6.07, 6.45) is 7.09. The molecule has 0 fully saturated rings. The predicted octanol–water partition coefficient (Wildman–Crippen LogP) is 7.65. The second-order valence-electron chi connectivity index (χ2n) is 9.23. The van der Waals surface area contributed by atoms with Gasteiger partial charge >= 0.3 is 5.97 Å². The molecule has 0 radical (unpaired) electrons. The summed E-state index contributed by atoms with van der Waals surface area (Å²) in [5.41, 5.74) is 0.957. The fourth-order valence-corrected chi connectivity index (χ4v) is 3.82. The second-order valence-corrected chi connectivity index (χ2v) is 9.23. The van der Waals surface area contributed by atoms with Gasteiger partial charge in [-0.2, -0.15) is 0 Å². The Morgan fingerprint density at radius 3 is 2.22 bits per heavy atom. The number of halogens is 2. The summed E-state index contributed by atoms with van der Waals surface area (Å²) < 4.78 is 37.7. The lowest BCUT2D eigenvalue weighted by Gasteiger charge is -2.17. The van der Waals surface area contributed by atoms with E-state index in [-0.39, 0.29) is 29.6 Å². The monoisotopic (exact) mass is 503 g/mol. The molecule has 5 nitrogen and oxygen atoms in total. The SMILES string of the molecule is CCCCCCCC(C)C(=O)c1ccc(C(=O)Oc2ccc([C@H](COCCCC)C(F)F)cc2)cn1. The predicted molar refractivity (Wildman–Crippen MR) is 137 cm³/mol. The summed E-state index contributed by atoms with van der Waals surface area (Å²) in [4.78, 5) is 29.3. The Bertz CT molecular complexity index is 916. The molecule has 0 amide bonds. The Kier molecular flexibility index (Phi) is 13.3. The third kappa shape index (κ3) is 9.76. The highest BCUT2D eigenvalue weighted by Gasteiger charge is 2.23. The molecule has 7 heteroatoms. The molecule has 0 N–H and O–H groups in total. The van der Waals surface area contributed by atoms with Gasteiger partial charge in [-0.3, -0.25) is 9.78 Å². The van der Waals surface area contributed by atoms with Crippen LogP contribution in [0.1, 0.15) is 104 Å². The van der Waals surface area contributed by atoms with Crippen molar-refractivity contribution in [1.29, 1.82) is 0 Å². The molecule has 36 heavy (non-hydrogen) atoms. The number of carbonyl (C=O) groups is 2. The number of benzene rings is 1. The molecule has 1 aromatic heterocycles. The van der Waals surface area contributed by atoms with E-state index in [0.717, 1.165) is 32.1 Å². The Balaban J connectivity index is 1.90. The van der Waals surface area contributed by atoms with Crippen LogP contribution in [0.3, 0.4) is 0 Å². The Morgan fingerprint density at radius 2 is 1.61 bits per heavy atom. The van der Waals surface area contributed by atoms with E-state index in [4.69, 9.17) is 9.47 Å². The normalized spacial score (nSPS) is 12.9. The highest BCUT2D eigenvalue weighted by Crippen LogP contribution is 2.26. The highest BCUT2D eigenvalue weighted by atomic mass is 19.3. The van der Waals surface area contributed by atoms with Gasteiger partial charge in [0, 0.05) is 18.7 Å². The van der Waals surface area contributed by atoms with E-state index in [1.807, 2.05) is 13.8 Å². The molecular weight excluding hydrogens is 464 g/mol. The Labute approximate surface area is 213 Å². The van der Waals surface area contributed by atoms with Gasteiger partial charge in [-0.1, -0.05) is 71.4 Å². The summed E-state index contributed by atoms with van der Waals surface area (Å²) in [7, 11) is 0. The average Bonchev–Trinajstić information content (AvgIpc) is 2.88. The molecule has 1 heterocycles. The van der Waals surface area contributed by atoms with E-state index in [0.29, 0.717) is 17.9 Å². The minimum atomic E-state index is -2.56. The van der Waals surface area contributed by atoms with Crippen LogP contribution in [0.4, 0.5) is 8.78 Å². The summed E-state index contributed by atoms with van der Waals surface area (Å²) in [5, 5.41) is 0. The van der Waals surface area contributed by atoms with E-state index >= 15 is 0 Å². The first-order valence-corrected chi connectivity index (χ1v) is 13.1. The quantitative estimate of drug-likeness (QED) is 0.0960. The van der Waals surface area contributed by atoms with Crippen molar-refractivity contribution in [3.05, 3.63) is 59.4 Å². The maximum Gasteiger partial charge on any atom is 0.345 e. The molecule has 2 rings (SSSR count). The van der Waals surface area contributed by atoms with Gasteiger partial charge in [0.15, 0.2) is 5.78 Å². The number of ether oxygens (including phenoxy) is 2. The van der Waals surface area contributed by atoms with Gasteiger partial charge in [0.1, 0.15) is 11.4 Å². The first-order chi connectivity index (χ1) is 17.4. The zero-order valence-corrected chi connectivity index (χ0v) is 21.7. The molecule has 1 unspecified atom stereocenters. The number of rotatable bonds is 17. The zero-order chi connectivity index (χ0) is 26.3. The molecule has 0 bridgehead atoms. The standard InChI is InChI=1S/C29H39F2NO4/c1-4-6-8-9-10-11-21(3)27(33)26-17-14-23(19-32-26)29(34)36-24-15-12-22(13-16-24)25(28(30)31)20-35-18-7-5-2/h12-17,19,21,25,28H,4-11,18,20H2,1-3H3/t21?,25-/m0/s1. The van der Waals surface area contributed by atoms with Gasteiger partial charge in [0.2, 0.25) is 6.43 Å². The second kappa shape index (κ2) is 16.1. The molecule has 1 aromatic carbocycles. The number of alkyl halides is 2. The average molecular weight is 504 g/mol. The molecule has 2 aromatic rings. The molecule has 0 aliphatic heterocycles. The van der Waals surface area contributed by atoms with Crippen molar-refractivity contribution in [3.63, 3.8) is 0 Å². The van der Waals surface area contributed by atoms with Crippen molar-refractivity contribution < 1.29 is 27.8 Å². The van der Waals surface area contributed by atoms with Crippen molar-refractivity contribution in [3.8, 4) is 5.75 Å². The Morgan fingerprint density at radius 1 is 0.917 bits per heavy atom. The van der Waals surface area contributed by atoms with Crippen molar-refractivity contribution in [2.75, 3.05) is 13.2 Å². The third-order valence-corrected chi connectivity index (χ3v) is 6.20. The topological polar surface area (TPSA) is 65.5 Å². The number of aromatic nitrogens is 1. The highest BCUT2D eigenvalue weighted by molar-refractivity contribution is 5.97. The molecule has 2 atom stereocenters. The van der Waals surface area contributed by atoms with Crippen molar-refractivity contribution >= 4 is 11.8 Å².